The highest BCUT2D eigenvalue weighted by Crippen LogP contribution is 2.29. The van der Waals surface area contributed by atoms with Crippen molar-refractivity contribution in [2.24, 2.45) is 0 Å². The Balaban J connectivity index is 1.30. The van der Waals surface area contributed by atoms with Gasteiger partial charge in [0, 0.05) is 37.9 Å². The molecule has 0 radical (unpaired) electrons. The van der Waals surface area contributed by atoms with Crippen molar-refractivity contribution in [3.63, 3.8) is 0 Å². The Morgan fingerprint density at radius 2 is 0.939 bits per heavy atom. The van der Waals surface area contributed by atoms with Crippen LogP contribution >= 0.6 is 22.6 Å². The molecule has 0 N–H and O–H groups in total. The highest BCUT2D eigenvalue weighted by atomic mass is 127. The van der Waals surface area contributed by atoms with Crippen molar-refractivity contribution in [3.05, 3.63) is 119 Å². The standard InChI is InChI=1S/C30H19IN2/c31-28-13-11-20(12-14-28)23-9-10-25-16-27(19-33-30(25)17-23)22-7-5-21(6-8-22)26-15-24-3-1-2-4-29(24)32-18-26/h1-19H. The predicted molar refractivity (Wildman–Crippen MR) is 146 cm³/mol. The Labute approximate surface area is 206 Å². The van der Waals surface area contributed by atoms with E-state index in [1.54, 1.807) is 0 Å². The molecule has 2 nitrogen and oxygen atoms in total. The van der Waals surface area contributed by atoms with Gasteiger partial charge in [0.25, 0.3) is 0 Å². The number of aromatic nitrogens is 2. The van der Waals surface area contributed by atoms with E-state index in [-0.39, 0.29) is 0 Å². The molecule has 33 heavy (non-hydrogen) atoms. The van der Waals surface area contributed by atoms with Crippen molar-refractivity contribution >= 4 is 44.4 Å². The molecule has 0 fully saturated rings. The first-order valence-corrected chi connectivity index (χ1v) is 11.9. The average molecular weight is 534 g/mol. The lowest BCUT2D eigenvalue weighted by Crippen LogP contribution is -1.86. The molecule has 2 heterocycles. The smallest absolute Gasteiger partial charge is 0.0708 e. The summed E-state index contributed by atoms with van der Waals surface area (Å²) in [6.45, 7) is 0. The summed E-state index contributed by atoms with van der Waals surface area (Å²) in [7, 11) is 0. The van der Waals surface area contributed by atoms with Crippen LogP contribution < -0.4 is 0 Å². The van der Waals surface area contributed by atoms with Crippen molar-refractivity contribution in [2.45, 2.75) is 0 Å². The van der Waals surface area contributed by atoms with Crippen LogP contribution in [-0.4, -0.2) is 9.97 Å². The fourth-order valence-corrected chi connectivity index (χ4v) is 4.54. The largest absolute Gasteiger partial charge is 0.256 e. The van der Waals surface area contributed by atoms with Crippen LogP contribution in [0.5, 0.6) is 0 Å². The summed E-state index contributed by atoms with van der Waals surface area (Å²) in [5.41, 5.74) is 8.98. The van der Waals surface area contributed by atoms with Crippen LogP contribution in [0.4, 0.5) is 0 Å². The number of pyridine rings is 2. The Bertz CT molecular complexity index is 1600. The van der Waals surface area contributed by atoms with Crippen molar-refractivity contribution in [1.29, 1.82) is 0 Å². The second-order valence-corrected chi connectivity index (χ2v) is 9.38. The average Bonchev–Trinajstić information content (AvgIpc) is 2.88. The fourth-order valence-electron chi connectivity index (χ4n) is 4.19. The fraction of sp³-hybridized carbons (Fsp3) is 0. The molecule has 0 aliphatic heterocycles. The summed E-state index contributed by atoms with van der Waals surface area (Å²) in [4.78, 5) is 9.36. The van der Waals surface area contributed by atoms with E-state index in [1.807, 2.05) is 30.6 Å². The molecule has 6 rings (SSSR count). The Hall–Kier alpha value is -3.57. The third-order valence-electron chi connectivity index (χ3n) is 6.00. The number of benzene rings is 4. The first-order chi connectivity index (χ1) is 16.2. The molecule has 0 atom stereocenters. The molecular weight excluding hydrogens is 515 g/mol. The van der Waals surface area contributed by atoms with Crippen LogP contribution in [0.1, 0.15) is 0 Å². The van der Waals surface area contributed by atoms with E-state index in [2.05, 4.69) is 113 Å². The van der Waals surface area contributed by atoms with E-state index in [0.717, 1.165) is 44.1 Å². The van der Waals surface area contributed by atoms with Crippen LogP contribution in [0.25, 0.3) is 55.2 Å². The topological polar surface area (TPSA) is 25.8 Å². The predicted octanol–water partition coefficient (Wildman–Crippen LogP) is 8.39. The Morgan fingerprint density at radius 3 is 1.64 bits per heavy atom. The van der Waals surface area contributed by atoms with Gasteiger partial charge in [-0.05, 0) is 81.2 Å². The summed E-state index contributed by atoms with van der Waals surface area (Å²) in [5, 5.41) is 2.30. The third-order valence-corrected chi connectivity index (χ3v) is 6.72. The van der Waals surface area contributed by atoms with Crippen LogP contribution in [0.15, 0.2) is 116 Å². The van der Waals surface area contributed by atoms with E-state index in [1.165, 1.54) is 14.7 Å². The summed E-state index contributed by atoms with van der Waals surface area (Å²) in [6.07, 6.45) is 3.91. The molecular formula is C30H19IN2. The van der Waals surface area contributed by atoms with Gasteiger partial charge in [-0.2, -0.15) is 0 Å². The van der Waals surface area contributed by atoms with Crippen LogP contribution in [-0.2, 0) is 0 Å². The number of hydrogen-bond acceptors (Lipinski definition) is 2. The highest BCUT2D eigenvalue weighted by molar-refractivity contribution is 14.1. The SMILES string of the molecule is Ic1ccc(-c2ccc3cc(-c4ccc(-c5cnc6ccccc6c5)cc4)cnc3c2)cc1. The quantitative estimate of drug-likeness (QED) is 0.213. The van der Waals surface area contributed by atoms with Gasteiger partial charge in [-0.1, -0.05) is 66.7 Å². The molecule has 0 aliphatic rings. The molecule has 0 aliphatic carbocycles. The van der Waals surface area contributed by atoms with Crippen molar-refractivity contribution < 1.29 is 0 Å². The van der Waals surface area contributed by atoms with E-state index in [4.69, 9.17) is 4.98 Å². The second-order valence-electron chi connectivity index (χ2n) is 8.13. The number of rotatable bonds is 3. The van der Waals surface area contributed by atoms with Gasteiger partial charge < -0.3 is 0 Å². The van der Waals surface area contributed by atoms with Gasteiger partial charge in [0.05, 0.1) is 11.0 Å². The minimum Gasteiger partial charge on any atom is -0.256 e. The summed E-state index contributed by atoms with van der Waals surface area (Å²) in [6, 6.07) is 36.3. The van der Waals surface area contributed by atoms with Gasteiger partial charge >= 0.3 is 0 Å². The van der Waals surface area contributed by atoms with E-state index >= 15 is 0 Å². The van der Waals surface area contributed by atoms with E-state index in [0.29, 0.717) is 0 Å². The Kier molecular flexibility index (Phi) is 5.11. The number of hydrogen-bond donors (Lipinski definition) is 0. The Morgan fingerprint density at radius 1 is 0.424 bits per heavy atom. The first kappa shape index (κ1) is 20.1. The van der Waals surface area contributed by atoms with Gasteiger partial charge in [-0.3, -0.25) is 9.97 Å². The monoisotopic (exact) mass is 534 g/mol. The molecule has 2 aromatic heterocycles. The molecule has 156 valence electrons. The molecule has 4 aromatic carbocycles. The van der Waals surface area contributed by atoms with Gasteiger partial charge in [-0.25, -0.2) is 0 Å². The number of halogens is 1. The number of para-hydroxylation sites is 1. The van der Waals surface area contributed by atoms with E-state index < -0.39 is 0 Å². The zero-order chi connectivity index (χ0) is 22.2. The van der Waals surface area contributed by atoms with Crippen molar-refractivity contribution in [3.8, 4) is 33.4 Å². The molecule has 6 aromatic rings. The third kappa shape index (κ3) is 4.00. The molecule has 0 bridgehead atoms. The lowest BCUT2D eigenvalue weighted by Gasteiger charge is -2.08. The maximum atomic E-state index is 4.76. The first-order valence-electron chi connectivity index (χ1n) is 10.8. The maximum Gasteiger partial charge on any atom is 0.0708 e. The van der Waals surface area contributed by atoms with Gasteiger partial charge in [0.15, 0.2) is 0 Å². The molecule has 0 spiro atoms. The lowest BCUT2D eigenvalue weighted by molar-refractivity contribution is 1.40. The van der Waals surface area contributed by atoms with Gasteiger partial charge in [0.1, 0.15) is 0 Å². The van der Waals surface area contributed by atoms with Crippen molar-refractivity contribution in [1.82, 2.24) is 9.97 Å². The normalized spacial score (nSPS) is 11.2. The van der Waals surface area contributed by atoms with Crippen LogP contribution in [0, 0.1) is 3.57 Å². The maximum absolute atomic E-state index is 4.76. The van der Waals surface area contributed by atoms with Crippen LogP contribution in [0.2, 0.25) is 0 Å². The zero-order valence-electron chi connectivity index (χ0n) is 17.7. The molecule has 3 heteroatoms. The summed E-state index contributed by atoms with van der Waals surface area (Å²) in [5.74, 6) is 0. The minimum atomic E-state index is 1.01. The highest BCUT2D eigenvalue weighted by Gasteiger charge is 2.06. The molecule has 0 amide bonds. The zero-order valence-corrected chi connectivity index (χ0v) is 19.9. The summed E-state index contributed by atoms with van der Waals surface area (Å²) >= 11 is 2.33. The summed E-state index contributed by atoms with van der Waals surface area (Å²) < 4.78 is 1.24. The second kappa shape index (κ2) is 8.41. The molecule has 0 unspecified atom stereocenters. The number of fused-ring (bicyclic) bond motifs is 2. The van der Waals surface area contributed by atoms with E-state index in [9.17, 15) is 0 Å². The molecule has 0 saturated carbocycles. The van der Waals surface area contributed by atoms with Gasteiger partial charge in [0.2, 0.25) is 0 Å². The van der Waals surface area contributed by atoms with Crippen LogP contribution in [0.3, 0.4) is 0 Å². The lowest BCUT2D eigenvalue weighted by atomic mass is 9.99. The van der Waals surface area contributed by atoms with Crippen molar-refractivity contribution in [2.75, 3.05) is 0 Å². The van der Waals surface area contributed by atoms with Gasteiger partial charge in [-0.15, -0.1) is 0 Å². The number of nitrogens with zero attached hydrogens (tertiary/aromatic N) is 2. The molecule has 0 saturated heterocycles. The minimum absolute atomic E-state index is 1.01.